The van der Waals surface area contributed by atoms with Gasteiger partial charge in [0.25, 0.3) is 0 Å². The van der Waals surface area contributed by atoms with Crippen molar-refractivity contribution in [3.8, 4) is 0 Å². The van der Waals surface area contributed by atoms with E-state index in [0.29, 0.717) is 0 Å². The van der Waals surface area contributed by atoms with Crippen LogP contribution in [-0.2, 0) is 4.79 Å². The fourth-order valence-electron chi connectivity index (χ4n) is 1.57. The van der Waals surface area contributed by atoms with E-state index in [4.69, 9.17) is 28.3 Å². The average molecular weight is 337 g/mol. The minimum absolute atomic E-state index is 0.155. The molecule has 116 valence electrons. The van der Waals surface area contributed by atoms with Crippen molar-refractivity contribution in [3.05, 3.63) is 28.0 Å². The Morgan fingerprint density at radius 3 is 2.10 bits per heavy atom. The molecule has 0 aliphatic rings. The van der Waals surface area contributed by atoms with Gasteiger partial charge >= 0.3 is 12.0 Å². The molecule has 1 unspecified atom stereocenters. The Kier molecular flexibility index (Phi) is 5.42. The first-order valence-corrected chi connectivity index (χ1v) is 6.73. The lowest BCUT2D eigenvalue weighted by atomic mass is 9.87. The maximum absolute atomic E-state index is 13.3. The molecule has 21 heavy (non-hydrogen) atoms. The number of benzene rings is 1. The molecule has 1 atom stereocenters. The molecule has 0 fully saturated rings. The van der Waals surface area contributed by atoms with Gasteiger partial charge in [0.05, 0.1) is 10.0 Å². The molecule has 5 nitrogen and oxygen atoms in total. The number of anilines is 1. The summed E-state index contributed by atoms with van der Waals surface area (Å²) in [5.41, 5.74) is -0.525. The highest BCUT2D eigenvalue weighted by molar-refractivity contribution is 6.35. The van der Waals surface area contributed by atoms with Gasteiger partial charge in [-0.2, -0.15) is 0 Å². The predicted octanol–water partition coefficient (Wildman–Crippen LogP) is 3.75. The van der Waals surface area contributed by atoms with E-state index in [2.05, 4.69) is 10.6 Å². The smallest absolute Gasteiger partial charge is 0.326 e. The lowest BCUT2D eigenvalue weighted by Gasteiger charge is -2.27. The number of carboxylic acid groups (broad SMARTS) is 1. The summed E-state index contributed by atoms with van der Waals surface area (Å²) >= 11 is 11.2. The van der Waals surface area contributed by atoms with E-state index in [1.807, 2.05) is 0 Å². The third-order valence-corrected chi connectivity index (χ3v) is 3.18. The van der Waals surface area contributed by atoms with E-state index < -0.39 is 29.3 Å². The second-order valence-electron chi connectivity index (χ2n) is 5.49. The summed E-state index contributed by atoms with van der Waals surface area (Å²) in [5.74, 6) is -1.95. The van der Waals surface area contributed by atoms with Crippen LogP contribution in [0.1, 0.15) is 20.8 Å². The molecule has 1 aromatic carbocycles. The number of hydrogen-bond donors (Lipinski definition) is 3. The Hall–Kier alpha value is -1.53. The van der Waals surface area contributed by atoms with Crippen LogP contribution in [-0.4, -0.2) is 23.1 Å². The third-order valence-electron chi connectivity index (χ3n) is 2.63. The summed E-state index contributed by atoms with van der Waals surface area (Å²) in [5, 5.41) is 13.3. The van der Waals surface area contributed by atoms with Gasteiger partial charge < -0.3 is 15.7 Å². The van der Waals surface area contributed by atoms with Crippen LogP contribution in [0.5, 0.6) is 0 Å². The number of carboxylic acids is 1. The van der Waals surface area contributed by atoms with Gasteiger partial charge in [0.2, 0.25) is 0 Å². The number of carbonyl (C=O) groups is 2. The van der Waals surface area contributed by atoms with Gasteiger partial charge in [-0.05, 0) is 17.5 Å². The number of aliphatic carboxylic acids is 1. The highest BCUT2D eigenvalue weighted by atomic mass is 35.5. The number of rotatable bonds is 3. The number of nitrogens with one attached hydrogen (secondary N) is 2. The summed E-state index contributed by atoms with van der Waals surface area (Å²) in [7, 11) is 0. The average Bonchev–Trinajstić information content (AvgIpc) is 2.31. The summed E-state index contributed by atoms with van der Waals surface area (Å²) in [6.07, 6.45) is 0. The summed E-state index contributed by atoms with van der Waals surface area (Å²) in [4.78, 5) is 23.0. The number of hydrogen-bond acceptors (Lipinski definition) is 2. The summed E-state index contributed by atoms with van der Waals surface area (Å²) < 4.78 is 13.3. The van der Waals surface area contributed by atoms with Gasteiger partial charge in [0.1, 0.15) is 6.04 Å². The highest BCUT2D eigenvalue weighted by Gasteiger charge is 2.32. The second-order valence-corrected chi connectivity index (χ2v) is 6.30. The quantitative estimate of drug-likeness (QED) is 0.735. The normalized spacial score (nSPS) is 12.7. The van der Waals surface area contributed by atoms with Crippen LogP contribution in [0.15, 0.2) is 12.1 Å². The van der Waals surface area contributed by atoms with Gasteiger partial charge in [0.15, 0.2) is 5.82 Å². The minimum atomic E-state index is -1.16. The lowest BCUT2D eigenvalue weighted by molar-refractivity contribution is -0.141. The Labute approximate surface area is 131 Å². The molecule has 0 aromatic heterocycles. The molecule has 8 heteroatoms. The molecule has 0 saturated carbocycles. The standard InChI is InChI=1S/C13H15Cl2FN2O3/c1-13(2,3)10(11(19)20)18-12(21)17-6-4-7(14)9(16)8(15)5-6/h4-5,10H,1-3H3,(H,19,20)(H2,17,18,21). The van der Waals surface area contributed by atoms with Crippen molar-refractivity contribution in [3.63, 3.8) is 0 Å². The van der Waals surface area contributed by atoms with Gasteiger partial charge in [0, 0.05) is 5.69 Å². The highest BCUT2D eigenvalue weighted by Crippen LogP contribution is 2.27. The van der Waals surface area contributed by atoms with Crippen LogP contribution < -0.4 is 10.6 Å². The molecule has 3 N–H and O–H groups in total. The number of carbonyl (C=O) groups excluding carboxylic acids is 1. The monoisotopic (exact) mass is 336 g/mol. The molecule has 0 spiro atoms. The molecule has 0 radical (unpaired) electrons. The maximum atomic E-state index is 13.3. The lowest BCUT2D eigenvalue weighted by Crippen LogP contribution is -2.50. The predicted molar refractivity (Wildman–Crippen MR) is 79.5 cm³/mol. The van der Waals surface area contributed by atoms with Crippen LogP contribution in [0.25, 0.3) is 0 Å². The van der Waals surface area contributed by atoms with E-state index >= 15 is 0 Å². The third kappa shape index (κ3) is 4.75. The van der Waals surface area contributed by atoms with Crippen LogP contribution >= 0.6 is 23.2 Å². The van der Waals surface area contributed by atoms with E-state index in [1.54, 1.807) is 20.8 Å². The molecule has 0 aliphatic heterocycles. The van der Waals surface area contributed by atoms with E-state index in [0.717, 1.165) is 0 Å². The number of halogens is 3. The molecule has 1 rings (SSSR count). The van der Waals surface area contributed by atoms with Crippen LogP contribution in [0.2, 0.25) is 10.0 Å². The van der Waals surface area contributed by atoms with Crippen molar-refractivity contribution in [2.24, 2.45) is 5.41 Å². The van der Waals surface area contributed by atoms with Crippen molar-refractivity contribution in [1.29, 1.82) is 0 Å². The summed E-state index contributed by atoms with van der Waals surface area (Å²) in [6, 6.07) is 0.504. The molecular weight excluding hydrogens is 322 g/mol. The first-order valence-electron chi connectivity index (χ1n) is 5.97. The fourth-order valence-corrected chi connectivity index (χ4v) is 2.06. The second kappa shape index (κ2) is 6.49. The SMILES string of the molecule is CC(C)(C)C(NC(=O)Nc1cc(Cl)c(F)c(Cl)c1)C(=O)O. The van der Waals surface area contributed by atoms with Crippen molar-refractivity contribution in [2.75, 3.05) is 5.32 Å². The first kappa shape index (κ1) is 17.5. The van der Waals surface area contributed by atoms with E-state index in [1.165, 1.54) is 12.1 Å². The molecule has 0 bridgehead atoms. The van der Waals surface area contributed by atoms with Crippen molar-refractivity contribution >= 4 is 40.9 Å². The van der Waals surface area contributed by atoms with Gasteiger partial charge in [-0.1, -0.05) is 44.0 Å². The maximum Gasteiger partial charge on any atom is 0.326 e. The molecule has 1 aromatic rings. The number of amides is 2. The van der Waals surface area contributed by atoms with Crippen molar-refractivity contribution in [1.82, 2.24) is 5.32 Å². The molecule has 2 amide bonds. The number of urea groups is 1. The van der Waals surface area contributed by atoms with Gasteiger partial charge in [-0.25, -0.2) is 14.0 Å². The molecule has 0 saturated heterocycles. The minimum Gasteiger partial charge on any atom is -0.480 e. The Bertz CT molecular complexity index is 550. The summed E-state index contributed by atoms with van der Waals surface area (Å²) in [6.45, 7) is 5.03. The fraction of sp³-hybridized carbons (Fsp3) is 0.385. The largest absolute Gasteiger partial charge is 0.480 e. The zero-order chi connectivity index (χ0) is 16.4. The van der Waals surface area contributed by atoms with Crippen molar-refractivity contribution in [2.45, 2.75) is 26.8 Å². The Balaban J connectivity index is 2.85. The topological polar surface area (TPSA) is 78.4 Å². The van der Waals surface area contributed by atoms with Crippen LogP contribution in [0.4, 0.5) is 14.9 Å². The van der Waals surface area contributed by atoms with E-state index in [9.17, 15) is 14.0 Å². The van der Waals surface area contributed by atoms with Crippen molar-refractivity contribution < 1.29 is 19.1 Å². The molecule has 0 heterocycles. The zero-order valence-electron chi connectivity index (χ0n) is 11.6. The van der Waals surface area contributed by atoms with E-state index in [-0.39, 0.29) is 15.7 Å². The molecule has 0 aliphatic carbocycles. The van der Waals surface area contributed by atoms with Crippen LogP contribution in [0, 0.1) is 11.2 Å². The first-order chi connectivity index (χ1) is 9.52. The van der Waals surface area contributed by atoms with Gasteiger partial charge in [-0.3, -0.25) is 0 Å². The van der Waals surface area contributed by atoms with Gasteiger partial charge in [-0.15, -0.1) is 0 Å². The Morgan fingerprint density at radius 2 is 1.71 bits per heavy atom. The molecular formula is C13H15Cl2FN2O3. The Morgan fingerprint density at radius 1 is 1.24 bits per heavy atom. The van der Waals surface area contributed by atoms with Crippen LogP contribution in [0.3, 0.4) is 0 Å². The zero-order valence-corrected chi connectivity index (χ0v) is 13.1.